The summed E-state index contributed by atoms with van der Waals surface area (Å²) in [6.07, 6.45) is 3.65. The molecule has 0 bridgehead atoms. The Balaban J connectivity index is 1.96. The minimum Gasteiger partial charge on any atom is -0.394 e. The van der Waals surface area contributed by atoms with Crippen molar-refractivity contribution < 1.29 is 9.90 Å². The lowest BCUT2D eigenvalue weighted by Crippen LogP contribution is -2.35. The lowest BCUT2D eigenvalue weighted by Gasteiger charge is -2.15. The van der Waals surface area contributed by atoms with Crippen molar-refractivity contribution in [1.82, 2.24) is 20.1 Å². The molecule has 0 fully saturated rings. The molecule has 0 aliphatic rings. The third-order valence-electron chi connectivity index (χ3n) is 5.58. The predicted molar refractivity (Wildman–Crippen MR) is 127 cm³/mol. The predicted octanol–water partition coefficient (Wildman–Crippen LogP) is 4.63. The second kappa shape index (κ2) is 8.93. The van der Waals surface area contributed by atoms with Gasteiger partial charge in [0.2, 0.25) is 0 Å². The number of fused-ring (bicyclic) bond motifs is 1. The molecule has 6 heteroatoms. The molecule has 0 unspecified atom stereocenters. The van der Waals surface area contributed by atoms with Gasteiger partial charge in [0.25, 0.3) is 5.91 Å². The number of hydrogen-bond acceptors (Lipinski definition) is 4. The summed E-state index contributed by atoms with van der Waals surface area (Å²) in [4.78, 5) is 17.6. The van der Waals surface area contributed by atoms with Crippen molar-refractivity contribution in [1.29, 1.82) is 0 Å². The van der Waals surface area contributed by atoms with E-state index >= 15 is 0 Å². The summed E-state index contributed by atoms with van der Waals surface area (Å²) in [6.45, 7) is 7.94. The fraction of sp³-hybridized carbons (Fsp3) is 0.269. The Morgan fingerprint density at radius 2 is 1.88 bits per heavy atom. The number of aryl methyl sites for hydroxylation is 1. The molecule has 0 radical (unpaired) electrons. The van der Waals surface area contributed by atoms with Crippen molar-refractivity contribution in [2.24, 2.45) is 0 Å². The topological polar surface area (TPSA) is 80.0 Å². The van der Waals surface area contributed by atoms with Gasteiger partial charge in [-0.15, -0.1) is 0 Å². The molecule has 0 saturated carbocycles. The quantitative estimate of drug-likeness (QED) is 0.469. The highest BCUT2D eigenvalue weighted by molar-refractivity contribution is 6.03. The van der Waals surface area contributed by atoms with Crippen molar-refractivity contribution in [3.05, 3.63) is 77.6 Å². The number of hydrogen-bond donors (Lipinski definition) is 2. The highest BCUT2D eigenvalue weighted by atomic mass is 16.3. The van der Waals surface area contributed by atoms with Gasteiger partial charge in [-0.1, -0.05) is 38.1 Å². The number of carbonyl (C=O) groups is 1. The van der Waals surface area contributed by atoms with Crippen LogP contribution in [0.25, 0.3) is 27.8 Å². The molecule has 6 nitrogen and oxygen atoms in total. The fourth-order valence-electron chi connectivity index (χ4n) is 3.81. The molecule has 2 N–H and O–H groups in total. The molecule has 2 aromatic heterocycles. The van der Waals surface area contributed by atoms with Gasteiger partial charge in [-0.25, -0.2) is 4.68 Å². The maximum absolute atomic E-state index is 13.0. The Labute approximate surface area is 187 Å². The lowest BCUT2D eigenvalue weighted by atomic mass is 10.00. The Morgan fingerprint density at radius 3 is 2.56 bits per heavy atom. The molecule has 0 saturated heterocycles. The number of rotatable bonds is 6. The number of aliphatic hydroxyl groups excluding tert-OH is 1. The molecule has 4 aromatic rings. The highest BCUT2D eigenvalue weighted by Gasteiger charge is 2.19. The molecule has 0 spiro atoms. The summed E-state index contributed by atoms with van der Waals surface area (Å²) in [7, 11) is 0. The van der Waals surface area contributed by atoms with Crippen LogP contribution in [-0.2, 0) is 0 Å². The van der Waals surface area contributed by atoms with Crippen molar-refractivity contribution in [3.8, 4) is 16.9 Å². The maximum Gasteiger partial charge on any atom is 0.251 e. The first-order valence-electron chi connectivity index (χ1n) is 10.8. The summed E-state index contributed by atoms with van der Waals surface area (Å²) in [5, 5.41) is 17.8. The third-order valence-corrected chi connectivity index (χ3v) is 5.58. The zero-order valence-corrected chi connectivity index (χ0v) is 18.8. The Hall–Kier alpha value is -3.51. The van der Waals surface area contributed by atoms with Gasteiger partial charge in [0.05, 0.1) is 29.7 Å². The van der Waals surface area contributed by atoms with E-state index in [4.69, 9.17) is 5.10 Å². The van der Waals surface area contributed by atoms with E-state index < -0.39 is 0 Å². The first-order chi connectivity index (χ1) is 15.4. The van der Waals surface area contributed by atoms with E-state index in [0.717, 1.165) is 33.4 Å². The second-order valence-corrected chi connectivity index (χ2v) is 8.50. The van der Waals surface area contributed by atoms with E-state index in [2.05, 4.69) is 30.2 Å². The molecule has 164 valence electrons. The molecule has 1 atom stereocenters. The van der Waals surface area contributed by atoms with E-state index in [9.17, 15) is 9.90 Å². The van der Waals surface area contributed by atoms with Crippen LogP contribution in [0.2, 0.25) is 0 Å². The van der Waals surface area contributed by atoms with Crippen molar-refractivity contribution in [2.45, 2.75) is 39.7 Å². The number of nitrogens with one attached hydrogen (secondary N) is 1. The van der Waals surface area contributed by atoms with Crippen molar-refractivity contribution >= 4 is 16.8 Å². The number of aromatic nitrogens is 3. The number of nitrogens with zero attached hydrogens (tertiary/aromatic N) is 3. The molecule has 0 aliphatic carbocycles. The molecule has 4 rings (SSSR count). The summed E-state index contributed by atoms with van der Waals surface area (Å²) < 4.78 is 1.90. The number of pyridine rings is 1. The van der Waals surface area contributed by atoms with Crippen molar-refractivity contribution in [2.75, 3.05) is 6.61 Å². The zero-order valence-electron chi connectivity index (χ0n) is 18.8. The minimum atomic E-state index is -0.342. The summed E-state index contributed by atoms with van der Waals surface area (Å²) in [6, 6.07) is 15.5. The SMILES string of the molecule is Cc1ccc(-c2cc(C(=O)N[C@@H](C)CO)cc3c2cnn3-c2ccccc2C(C)C)nc1. The van der Waals surface area contributed by atoms with Gasteiger partial charge < -0.3 is 10.4 Å². The van der Waals surface area contributed by atoms with E-state index in [1.165, 1.54) is 5.56 Å². The van der Waals surface area contributed by atoms with Gasteiger partial charge in [-0.3, -0.25) is 9.78 Å². The Bertz CT molecular complexity index is 1260. The largest absolute Gasteiger partial charge is 0.394 e. The zero-order chi connectivity index (χ0) is 22.8. The average Bonchev–Trinajstić information content (AvgIpc) is 3.22. The number of amides is 1. The molecule has 2 heterocycles. The van der Waals surface area contributed by atoms with Crippen LogP contribution < -0.4 is 5.32 Å². The number of benzene rings is 2. The van der Waals surface area contributed by atoms with Crippen LogP contribution in [0, 0.1) is 6.92 Å². The highest BCUT2D eigenvalue weighted by Crippen LogP contribution is 2.32. The van der Waals surface area contributed by atoms with Gasteiger partial charge in [0.15, 0.2) is 0 Å². The van der Waals surface area contributed by atoms with E-state index in [1.54, 1.807) is 6.92 Å². The van der Waals surface area contributed by atoms with Gasteiger partial charge in [0, 0.05) is 28.8 Å². The van der Waals surface area contributed by atoms with E-state index in [-0.39, 0.29) is 18.6 Å². The number of carbonyl (C=O) groups excluding carboxylic acids is 1. The average molecular weight is 429 g/mol. The molecular weight excluding hydrogens is 400 g/mol. The molecular formula is C26H28N4O2. The minimum absolute atomic E-state index is 0.125. The first-order valence-corrected chi connectivity index (χ1v) is 10.8. The van der Waals surface area contributed by atoms with Crippen LogP contribution >= 0.6 is 0 Å². The Morgan fingerprint density at radius 1 is 1.09 bits per heavy atom. The lowest BCUT2D eigenvalue weighted by molar-refractivity contribution is 0.0922. The van der Waals surface area contributed by atoms with Gasteiger partial charge in [-0.05, 0) is 55.2 Å². The first kappa shape index (κ1) is 21.7. The fourth-order valence-corrected chi connectivity index (χ4v) is 3.81. The molecule has 1 amide bonds. The van der Waals surface area contributed by atoms with Crippen LogP contribution in [0.15, 0.2) is 60.9 Å². The standard InChI is InChI=1S/C26H28N4O2/c1-16(2)20-7-5-6-8-24(20)30-25-12-19(26(32)29-18(4)15-31)11-21(22(25)14-28-30)23-10-9-17(3)13-27-23/h5-14,16,18,31H,15H2,1-4H3,(H,29,32)/t18-/m0/s1. The van der Waals surface area contributed by atoms with Crippen molar-refractivity contribution in [3.63, 3.8) is 0 Å². The summed E-state index contributed by atoms with van der Waals surface area (Å²) in [5.74, 6) is 0.0762. The van der Waals surface area contributed by atoms with Gasteiger partial charge in [-0.2, -0.15) is 5.10 Å². The van der Waals surface area contributed by atoms with E-state index in [0.29, 0.717) is 11.5 Å². The van der Waals surface area contributed by atoms with Gasteiger partial charge in [0.1, 0.15) is 0 Å². The van der Waals surface area contributed by atoms with Crippen LogP contribution in [0.3, 0.4) is 0 Å². The molecule has 32 heavy (non-hydrogen) atoms. The number of para-hydroxylation sites is 1. The summed E-state index contributed by atoms with van der Waals surface area (Å²) in [5.41, 5.74) is 6.19. The smallest absolute Gasteiger partial charge is 0.251 e. The maximum atomic E-state index is 13.0. The van der Waals surface area contributed by atoms with Crippen LogP contribution in [0.1, 0.15) is 48.2 Å². The summed E-state index contributed by atoms with van der Waals surface area (Å²) >= 11 is 0. The van der Waals surface area contributed by atoms with E-state index in [1.807, 2.05) is 66.5 Å². The van der Waals surface area contributed by atoms with Crippen LogP contribution in [-0.4, -0.2) is 38.4 Å². The third kappa shape index (κ3) is 4.14. The van der Waals surface area contributed by atoms with Crippen LogP contribution in [0.4, 0.5) is 0 Å². The molecule has 2 aromatic carbocycles. The second-order valence-electron chi connectivity index (χ2n) is 8.50. The van der Waals surface area contributed by atoms with Crippen LogP contribution in [0.5, 0.6) is 0 Å². The Kier molecular flexibility index (Phi) is 6.06. The normalized spacial score (nSPS) is 12.3. The number of aliphatic hydroxyl groups is 1. The van der Waals surface area contributed by atoms with Gasteiger partial charge >= 0.3 is 0 Å². The molecule has 0 aliphatic heterocycles. The monoisotopic (exact) mass is 428 g/mol.